The van der Waals surface area contributed by atoms with Gasteiger partial charge in [-0.25, -0.2) is 0 Å². The van der Waals surface area contributed by atoms with E-state index in [1.807, 2.05) is 0 Å². The molecular formula is C14H20O6S2. The number of ketones is 2. The fourth-order valence-electron chi connectivity index (χ4n) is 1.38. The zero-order valence-electron chi connectivity index (χ0n) is 13.1. The van der Waals surface area contributed by atoms with Crippen molar-refractivity contribution in [3.8, 4) is 0 Å². The molecule has 8 heteroatoms. The predicted octanol–water partition coefficient (Wildman–Crippen LogP) is 1.97. The molecule has 22 heavy (non-hydrogen) atoms. The van der Waals surface area contributed by atoms with Crippen LogP contribution in [-0.4, -0.2) is 48.2 Å². The van der Waals surface area contributed by atoms with E-state index >= 15 is 0 Å². The van der Waals surface area contributed by atoms with Crippen molar-refractivity contribution in [3.05, 3.63) is 9.81 Å². The molecule has 6 nitrogen and oxygen atoms in total. The lowest BCUT2D eigenvalue weighted by Gasteiger charge is -2.10. The summed E-state index contributed by atoms with van der Waals surface area (Å²) in [5, 5.41) is 0. The number of ether oxygens (including phenoxy) is 2. The summed E-state index contributed by atoms with van der Waals surface area (Å²) in [7, 11) is 0. The van der Waals surface area contributed by atoms with Gasteiger partial charge in [0.25, 0.3) is 0 Å². The fourth-order valence-corrected chi connectivity index (χ4v) is 3.59. The quantitative estimate of drug-likeness (QED) is 0.256. The van der Waals surface area contributed by atoms with Crippen LogP contribution in [-0.2, 0) is 28.7 Å². The first-order chi connectivity index (χ1) is 10.3. The first-order valence-corrected chi connectivity index (χ1v) is 8.63. The summed E-state index contributed by atoms with van der Waals surface area (Å²) in [5.74, 6) is -1.79. The SMILES string of the molecule is CCOC(=O)CSC(SCC(=O)OCC)=C(C(C)=O)C(C)=O. The van der Waals surface area contributed by atoms with Gasteiger partial charge in [0.05, 0.1) is 34.5 Å². The molecule has 0 saturated heterocycles. The molecule has 0 spiro atoms. The van der Waals surface area contributed by atoms with Crippen molar-refractivity contribution in [1.82, 2.24) is 0 Å². The van der Waals surface area contributed by atoms with Crippen molar-refractivity contribution in [2.75, 3.05) is 24.7 Å². The standard InChI is InChI=1S/C14H20O6S2/c1-5-19-11(17)7-21-14(13(9(3)15)10(4)16)22-8-12(18)20-6-2/h5-8H2,1-4H3. The van der Waals surface area contributed by atoms with E-state index in [4.69, 9.17) is 9.47 Å². The van der Waals surface area contributed by atoms with Gasteiger partial charge in [0.15, 0.2) is 11.6 Å². The van der Waals surface area contributed by atoms with Crippen LogP contribution in [0.1, 0.15) is 27.7 Å². The third-order valence-corrected chi connectivity index (χ3v) is 4.56. The summed E-state index contributed by atoms with van der Waals surface area (Å²) in [6.07, 6.45) is 0. The largest absolute Gasteiger partial charge is 0.465 e. The molecule has 0 aliphatic rings. The number of hydrogen-bond acceptors (Lipinski definition) is 8. The van der Waals surface area contributed by atoms with Gasteiger partial charge in [-0.2, -0.15) is 0 Å². The Balaban J connectivity index is 5.09. The lowest BCUT2D eigenvalue weighted by molar-refractivity contribution is -0.140. The van der Waals surface area contributed by atoms with Crippen LogP contribution in [0.25, 0.3) is 0 Å². The molecule has 0 radical (unpaired) electrons. The molecular weight excluding hydrogens is 328 g/mol. The molecule has 0 N–H and O–H groups in total. The number of carbonyl (C=O) groups excluding carboxylic acids is 4. The van der Waals surface area contributed by atoms with Crippen LogP contribution in [0.5, 0.6) is 0 Å². The molecule has 124 valence electrons. The summed E-state index contributed by atoms with van der Waals surface area (Å²) < 4.78 is 9.94. The Labute approximate surface area is 138 Å². The van der Waals surface area contributed by atoms with Gasteiger partial charge in [0.1, 0.15) is 0 Å². The number of rotatable bonds is 10. The van der Waals surface area contributed by atoms with E-state index in [-0.39, 0.29) is 30.3 Å². The number of hydrogen-bond donors (Lipinski definition) is 0. The highest BCUT2D eigenvalue weighted by Gasteiger charge is 2.20. The van der Waals surface area contributed by atoms with Crippen LogP contribution in [0.3, 0.4) is 0 Å². The van der Waals surface area contributed by atoms with E-state index in [9.17, 15) is 19.2 Å². The molecule has 0 rings (SSSR count). The lowest BCUT2D eigenvalue weighted by Crippen LogP contribution is -2.12. The van der Waals surface area contributed by atoms with Gasteiger partial charge in [0, 0.05) is 0 Å². The summed E-state index contributed by atoms with van der Waals surface area (Å²) in [5.41, 5.74) is -0.0106. The number of Topliss-reactive ketones (excluding diaryl/α,β-unsaturated/α-hetero) is 2. The smallest absolute Gasteiger partial charge is 0.316 e. The zero-order chi connectivity index (χ0) is 17.1. The zero-order valence-corrected chi connectivity index (χ0v) is 14.7. The third-order valence-electron chi connectivity index (χ3n) is 2.16. The number of carbonyl (C=O) groups is 4. The maximum atomic E-state index is 11.6. The van der Waals surface area contributed by atoms with Gasteiger partial charge in [0.2, 0.25) is 0 Å². The Bertz CT molecular complexity index is 430. The summed E-state index contributed by atoms with van der Waals surface area (Å²) in [6, 6.07) is 0. The average Bonchev–Trinajstić information content (AvgIpc) is 2.41. The molecule has 0 aromatic rings. The Kier molecular flexibility index (Phi) is 10.7. The predicted molar refractivity (Wildman–Crippen MR) is 86.6 cm³/mol. The van der Waals surface area contributed by atoms with Gasteiger partial charge in [-0.15, -0.1) is 23.5 Å². The Hall–Kier alpha value is -1.28. The topological polar surface area (TPSA) is 86.7 Å². The summed E-state index contributed by atoms with van der Waals surface area (Å²) in [6.45, 7) is 6.41. The third kappa shape index (κ3) is 8.23. The maximum absolute atomic E-state index is 11.6. The molecule has 0 unspecified atom stereocenters. The Morgan fingerprint density at radius 3 is 1.41 bits per heavy atom. The first-order valence-electron chi connectivity index (χ1n) is 6.66. The molecule has 0 aliphatic heterocycles. The van der Waals surface area contributed by atoms with Crippen LogP contribution in [0.2, 0.25) is 0 Å². The van der Waals surface area contributed by atoms with E-state index in [1.54, 1.807) is 13.8 Å². The number of esters is 2. The lowest BCUT2D eigenvalue weighted by atomic mass is 10.1. The van der Waals surface area contributed by atoms with Gasteiger partial charge in [-0.3, -0.25) is 19.2 Å². The van der Waals surface area contributed by atoms with Crippen molar-refractivity contribution < 1.29 is 28.7 Å². The van der Waals surface area contributed by atoms with Gasteiger partial charge < -0.3 is 9.47 Å². The van der Waals surface area contributed by atoms with E-state index in [2.05, 4.69) is 0 Å². The molecule has 0 heterocycles. The van der Waals surface area contributed by atoms with Crippen LogP contribution < -0.4 is 0 Å². The highest BCUT2D eigenvalue weighted by atomic mass is 32.2. The second kappa shape index (κ2) is 11.3. The highest BCUT2D eigenvalue weighted by Crippen LogP contribution is 2.32. The maximum Gasteiger partial charge on any atom is 0.316 e. The molecule has 0 saturated carbocycles. The van der Waals surface area contributed by atoms with Gasteiger partial charge in [-0.05, 0) is 27.7 Å². The molecule has 0 atom stereocenters. The Morgan fingerprint density at radius 1 is 0.773 bits per heavy atom. The van der Waals surface area contributed by atoms with Crippen LogP contribution in [0.4, 0.5) is 0 Å². The second-order valence-corrected chi connectivity index (χ2v) is 6.19. The number of allylic oxidation sites excluding steroid dienone is 1. The minimum atomic E-state index is -0.451. The minimum absolute atomic E-state index is 0.0106. The monoisotopic (exact) mass is 348 g/mol. The van der Waals surface area contributed by atoms with E-state index < -0.39 is 23.5 Å². The van der Waals surface area contributed by atoms with Crippen molar-refractivity contribution in [3.63, 3.8) is 0 Å². The van der Waals surface area contributed by atoms with Crippen molar-refractivity contribution in [2.45, 2.75) is 27.7 Å². The molecule has 0 aromatic carbocycles. The fraction of sp³-hybridized carbons (Fsp3) is 0.571. The first kappa shape index (κ1) is 20.7. The summed E-state index contributed by atoms with van der Waals surface area (Å²) >= 11 is 2.03. The molecule has 0 fully saturated rings. The Morgan fingerprint density at radius 2 is 1.14 bits per heavy atom. The van der Waals surface area contributed by atoms with Crippen molar-refractivity contribution >= 4 is 47.0 Å². The van der Waals surface area contributed by atoms with E-state index in [0.29, 0.717) is 4.24 Å². The van der Waals surface area contributed by atoms with E-state index in [0.717, 1.165) is 23.5 Å². The normalized spacial score (nSPS) is 9.82. The molecule has 0 bridgehead atoms. The van der Waals surface area contributed by atoms with Crippen molar-refractivity contribution in [1.29, 1.82) is 0 Å². The molecule has 0 aromatic heterocycles. The van der Waals surface area contributed by atoms with Crippen LogP contribution in [0, 0.1) is 0 Å². The van der Waals surface area contributed by atoms with E-state index in [1.165, 1.54) is 13.8 Å². The van der Waals surface area contributed by atoms with Crippen LogP contribution >= 0.6 is 23.5 Å². The molecule has 0 amide bonds. The second-order valence-electron chi connectivity index (χ2n) is 3.96. The van der Waals surface area contributed by atoms with Crippen LogP contribution in [0.15, 0.2) is 9.81 Å². The average molecular weight is 348 g/mol. The minimum Gasteiger partial charge on any atom is -0.465 e. The molecule has 0 aliphatic carbocycles. The van der Waals surface area contributed by atoms with Gasteiger partial charge >= 0.3 is 11.9 Å². The van der Waals surface area contributed by atoms with Gasteiger partial charge in [-0.1, -0.05) is 0 Å². The van der Waals surface area contributed by atoms with Crippen molar-refractivity contribution in [2.24, 2.45) is 0 Å². The summed E-state index contributed by atoms with van der Waals surface area (Å²) in [4.78, 5) is 46.1. The highest BCUT2D eigenvalue weighted by molar-refractivity contribution is 8.22. The number of thioether (sulfide) groups is 2.